The van der Waals surface area contributed by atoms with Crippen LogP contribution in [-0.2, 0) is 13.0 Å². The van der Waals surface area contributed by atoms with Crippen LogP contribution in [0.4, 0.5) is 10.1 Å². The Morgan fingerprint density at radius 2 is 2.14 bits per heavy atom. The van der Waals surface area contributed by atoms with E-state index in [1.807, 2.05) is 18.2 Å². The lowest BCUT2D eigenvalue weighted by atomic mass is 10.1. The summed E-state index contributed by atoms with van der Waals surface area (Å²) in [4.78, 5) is 13.5. The highest BCUT2D eigenvalue weighted by Crippen LogP contribution is 2.31. The number of benzene rings is 2. The zero-order valence-corrected chi connectivity index (χ0v) is 12.5. The second-order valence-corrected chi connectivity index (χ2v) is 5.69. The Hall–Kier alpha value is -1.87. The number of hydrogen-bond acceptors (Lipinski definition) is 2. The molecule has 1 heterocycles. The lowest BCUT2D eigenvalue weighted by Gasteiger charge is -2.20. The van der Waals surface area contributed by atoms with Crippen LogP contribution in [0.2, 0.25) is 5.02 Å². The van der Waals surface area contributed by atoms with Gasteiger partial charge in [-0.25, -0.2) is 4.39 Å². The molecule has 2 aromatic rings. The molecule has 2 aromatic carbocycles. The molecule has 0 saturated carbocycles. The average molecular weight is 304 g/mol. The molecule has 0 bridgehead atoms. The quantitative estimate of drug-likeness (QED) is 0.790. The minimum Gasteiger partial charge on any atom is -0.367 e. The van der Waals surface area contributed by atoms with Gasteiger partial charge in [0.25, 0.3) is 0 Å². The maximum atomic E-state index is 14.0. The van der Waals surface area contributed by atoms with E-state index in [0.29, 0.717) is 12.1 Å². The predicted octanol–water partition coefficient (Wildman–Crippen LogP) is 4.24. The Morgan fingerprint density at radius 3 is 2.90 bits per heavy atom. The van der Waals surface area contributed by atoms with E-state index in [1.165, 1.54) is 0 Å². The zero-order chi connectivity index (χ0) is 15.0. The molecular formula is C17H15ClFNO. The second kappa shape index (κ2) is 5.49. The number of hydrogen-bond donors (Lipinski definition) is 0. The molecule has 3 rings (SSSR count). The number of Topliss-reactive ketones (excluding diaryl/α,β-unsaturated/α-hetero) is 1. The first kappa shape index (κ1) is 14.1. The van der Waals surface area contributed by atoms with Crippen LogP contribution in [0.15, 0.2) is 36.4 Å². The highest BCUT2D eigenvalue weighted by atomic mass is 35.5. The fourth-order valence-corrected chi connectivity index (χ4v) is 2.92. The molecule has 0 aliphatic carbocycles. The number of nitrogens with zero attached hydrogens (tertiary/aromatic N) is 1. The van der Waals surface area contributed by atoms with Crippen molar-refractivity contribution in [2.24, 2.45) is 0 Å². The summed E-state index contributed by atoms with van der Waals surface area (Å²) in [5, 5.41) is 0.152. The SMILES string of the molecule is CC(=O)c1ccc2c(c1)CCN2Cc1cccc(Cl)c1F. The van der Waals surface area contributed by atoms with Gasteiger partial charge < -0.3 is 4.90 Å². The smallest absolute Gasteiger partial charge is 0.159 e. The molecule has 0 saturated heterocycles. The number of ketones is 1. The molecule has 1 aliphatic heterocycles. The van der Waals surface area contributed by atoms with Gasteiger partial charge in [-0.05, 0) is 43.2 Å². The largest absolute Gasteiger partial charge is 0.367 e. The van der Waals surface area contributed by atoms with E-state index in [2.05, 4.69) is 4.90 Å². The van der Waals surface area contributed by atoms with Gasteiger partial charge in [-0.15, -0.1) is 0 Å². The third kappa shape index (κ3) is 2.66. The lowest BCUT2D eigenvalue weighted by Crippen LogP contribution is -2.20. The number of anilines is 1. The van der Waals surface area contributed by atoms with E-state index in [0.717, 1.165) is 29.8 Å². The summed E-state index contributed by atoms with van der Waals surface area (Å²) in [6.07, 6.45) is 0.874. The van der Waals surface area contributed by atoms with Gasteiger partial charge in [0, 0.05) is 29.9 Å². The van der Waals surface area contributed by atoms with Crippen molar-refractivity contribution in [3.63, 3.8) is 0 Å². The highest BCUT2D eigenvalue weighted by molar-refractivity contribution is 6.30. The third-order valence-corrected chi connectivity index (χ3v) is 4.16. The number of fused-ring (bicyclic) bond motifs is 1. The first-order valence-corrected chi connectivity index (χ1v) is 7.26. The third-order valence-electron chi connectivity index (χ3n) is 3.87. The summed E-state index contributed by atoms with van der Waals surface area (Å²) in [5.74, 6) is -0.287. The number of halogens is 2. The monoisotopic (exact) mass is 303 g/mol. The summed E-state index contributed by atoms with van der Waals surface area (Å²) in [6.45, 7) is 2.87. The Morgan fingerprint density at radius 1 is 1.33 bits per heavy atom. The molecule has 0 spiro atoms. The van der Waals surface area contributed by atoms with E-state index in [9.17, 15) is 9.18 Å². The number of carbonyl (C=O) groups excluding carboxylic acids is 1. The van der Waals surface area contributed by atoms with Gasteiger partial charge in [0.15, 0.2) is 5.78 Å². The van der Waals surface area contributed by atoms with Crippen molar-refractivity contribution in [3.8, 4) is 0 Å². The van der Waals surface area contributed by atoms with Crippen LogP contribution in [0.5, 0.6) is 0 Å². The predicted molar refractivity (Wildman–Crippen MR) is 82.6 cm³/mol. The topological polar surface area (TPSA) is 20.3 Å². The van der Waals surface area contributed by atoms with Gasteiger partial charge in [0.2, 0.25) is 0 Å². The Bertz CT molecular complexity index is 714. The Labute approximate surface area is 128 Å². The van der Waals surface area contributed by atoms with Crippen LogP contribution >= 0.6 is 11.6 Å². The van der Waals surface area contributed by atoms with Crippen LogP contribution in [0.1, 0.15) is 28.4 Å². The van der Waals surface area contributed by atoms with Gasteiger partial charge in [0.05, 0.1) is 5.02 Å². The summed E-state index contributed by atoms with van der Waals surface area (Å²) in [5.41, 5.74) is 3.53. The summed E-state index contributed by atoms with van der Waals surface area (Å²) < 4.78 is 14.0. The second-order valence-electron chi connectivity index (χ2n) is 5.28. The molecule has 108 valence electrons. The summed E-state index contributed by atoms with van der Waals surface area (Å²) in [6, 6.07) is 10.8. The Balaban J connectivity index is 1.88. The minimum atomic E-state index is -0.354. The molecule has 0 N–H and O–H groups in total. The number of rotatable bonds is 3. The summed E-state index contributed by atoms with van der Waals surface area (Å²) >= 11 is 5.82. The van der Waals surface area contributed by atoms with Crippen LogP contribution in [0, 0.1) is 5.82 Å². The molecule has 2 nitrogen and oxygen atoms in total. The van der Waals surface area contributed by atoms with Crippen molar-refractivity contribution in [3.05, 3.63) is 63.9 Å². The lowest BCUT2D eigenvalue weighted by molar-refractivity contribution is 0.101. The Kier molecular flexibility index (Phi) is 3.68. The molecule has 1 aliphatic rings. The summed E-state index contributed by atoms with van der Waals surface area (Å²) in [7, 11) is 0. The fraction of sp³-hybridized carbons (Fsp3) is 0.235. The van der Waals surface area contributed by atoms with Crippen LogP contribution < -0.4 is 4.90 Å². The highest BCUT2D eigenvalue weighted by Gasteiger charge is 2.21. The van der Waals surface area contributed by atoms with Crippen molar-refractivity contribution >= 4 is 23.1 Å². The standard InChI is InChI=1S/C17H15ClFNO/c1-11(21)12-5-6-16-13(9-12)7-8-20(16)10-14-3-2-4-15(18)17(14)19/h2-6,9H,7-8,10H2,1H3. The molecule has 21 heavy (non-hydrogen) atoms. The maximum Gasteiger partial charge on any atom is 0.159 e. The van der Waals surface area contributed by atoms with E-state index >= 15 is 0 Å². The molecule has 0 amide bonds. The zero-order valence-electron chi connectivity index (χ0n) is 11.7. The minimum absolute atomic E-state index is 0.0668. The van der Waals surface area contributed by atoms with Crippen molar-refractivity contribution in [1.29, 1.82) is 0 Å². The van der Waals surface area contributed by atoms with E-state index in [1.54, 1.807) is 25.1 Å². The molecule has 4 heteroatoms. The van der Waals surface area contributed by atoms with Crippen LogP contribution in [0.3, 0.4) is 0 Å². The maximum absolute atomic E-state index is 14.0. The molecule has 0 unspecified atom stereocenters. The molecule has 0 atom stereocenters. The first-order chi connectivity index (χ1) is 10.1. The van der Waals surface area contributed by atoms with Gasteiger partial charge in [0.1, 0.15) is 5.82 Å². The molecule has 0 radical (unpaired) electrons. The van der Waals surface area contributed by atoms with Gasteiger partial charge in [-0.1, -0.05) is 23.7 Å². The van der Waals surface area contributed by atoms with Crippen LogP contribution in [-0.4, -0.2) is 12.3 Å². The van der Waals surface area contributed by atoms with Crippen molar-refractivity contribution in [2.45, 2.75) is 19.9 Å². The van der Waals surface area contributed by atoms with Gasteiger partial charge >= 0.3 is 0 Å². The van der Waals surface area contributed by atoms with Crippen molar-refractivity contribution < 1.29 is 9.18 Å². The fourth-order valence-electron chi connectivity index (χ4n) is 2.73. The average Bonchev–Trinajstić information content (AvgIpc) is 2.86. The van der Waals surface area contributed by atoms with Crippen LogP contribution in [0.25, 0.3) is 0 Å². The molecular weight excluding hydrogens is 289 g/mol. The molecule has 0 aromatic heterocycles. The molecule has 0 fully saturated rings. The van der Waals surface area contributed by atoms with Crippen molar-refractivity contribution in [1.82, 2.24) is 0 Å². The normalized spacial score (nSPS) is 13.4. The van der Waals surface area contributed by atoms with E-state index < -0.39 is 0 Å². The van der Waals surface area contributed by atoms with E-state index in [4.69, 9.17) is 11.6 Å². The first-order valence-electron chi connectivity index (χ1n) is 6.88. The van der Waals surface area contributed by atoms with Crippen molar-refractivity contribution in [2.75, 3.05) is 11.4 Å². The van der Waals surface area contributed by atoms with E-state index in [-0.39, 0.29) is 16.6 Å². The number of carbonyl (C=O) groups is 1. The van der Waals surface area contributed by atoms with Gasteiger partial charge in [-0.3, -0.25) is 4.79 Å². The van der Waals surface area contributed by atoms with Gasteiger partial charge in [-0.2, -0.15) is 0 Å².